The Labute approximate surface area is 323 Å². The van der Waals surface area contributed by atoms with Crippen molar-refractivity contribution in [3.05, 3.63) is 35.9 Å². The van der Waals surface area contributed by atoms with Crippen LogP contribution in [0.5, 0.6) is 0 Å². The highest BCUT2D eigenvalue weighted by Gasteiger charge is 2.46. The first-order chi connectivity index (χ1) is 25.5. The summed E-state index contributed by atoms with van der Waals surface area (Å²) in [6.07, 6.45) is 3.60. The van der Waals surface area contributed by atoms with Crippen LogP contribution >= 0.6 is 0 Å². The molecule has 16 heteroatoms. The summed E-state index contributed by atoms with van der Waals surface area (Å²) in [6, 6.07) is 4.75. The smallest absolute Gasteiger partial charge is 0.407 e. The maximum atomic E-state index is 14.4. The van der Waals surface area contributed by atoms with Crippen LogP contribution in [0, 0.1) is 11.8 Å². The molecule has 0 radical (unpaired) electrons. The van der Waals surface area contributed by atoms with Crippen LogP contribution in [0.3, 0.4) is 0 Å². The molecule has 0 spiro atoms. The van der Waals surface area contributed by atoms with Gasteiger partial charge in [-0.05, 0) is 57.4 Å². The first-order valence-corrected chi connectivity index (χ1v) is 19.2. The highest BCUT2D eigenvalue weighted by Crippen LogP contribution is 2.31. The number of alkyl carbamates (subject to hydrolysis) is 1. The number of hydrogen-bond donors (Lipinski definition) is 5. The molecule has 1 aliphatic heterocycles. The molecule has 15 nitrogen and oxygen atoms in total. The molecule has 1 heterocycles. The van der Waals surface area contributed by atoms with Gasteiger partial charge in [-0.15, -0.1) is 0 Å². The summed E-state index contributed by atoms with van der Waals surface area (Å²) < 4.78 is 11.6. The molecule has 1 aromatic carbocycles. The van der Waals surface area contributed by atoms with Gasteiger partial charge in [-0.1, -0.05) is 76.8 Å². The number of nitrogens with zero attached hydrogens (tertiary/aromatic N) is 1. The zero-order chi connectivity index (χ0) is 40.0. The Bertz CT molecular complexity index is 1470. The lowest BCUT2D eigenvalue weighted by atomic mass is 9.83. The molecule has 1 aromatic rings. The first kappa shape index (κ1) is 46.6. The second-order valence-electron chi connectivity index (χ2n) is 15.7. The molecule has 6 amide bonds. The molecule has 0 aromatic heterocycles. The Morgan fingerprint density at radius 3 is 2.18 bits per heavy atom. The van der Waals surface area contributed by atoms with Crippen molar-refractivity contribution in [3.8, 4) is 0 Å². The SMILES string of the molecule is CCCC(NC(=O)[C@@H]1C[C@@H](OC(C)(C)C)CN1C(=O)[C@@H](NC(=O)OCC(C)C)C1CCCCC1)C(=O)C(=O)NCC(=O)NC(CC(N)=O)c1ccccc1.F. The van der Waals surface area contributed by atoms with Crippen LogP contribution in [0.1, 0.15) is 111 Å². The van der Waals surface area contributed by atoms with Gasteiger partial charge in [0.2, 0.25) is 29.4 Å². The maximum Gasteiger partial charge on any atom is 0.407 e. The summed E-state index contributed by atoms with van der Waals surface area (Å²) in [4.78, 5) is 93.6. The second-order valence-corrected chi connectivity index (χ2v) is 15.7. The molecule has 0 bridgehead atoms. The minimum absolute atomic E-state index is 0. The van der Waals surface area contributed by atoms with Gasteiger partial charge < -0.3 is 41.4 Å². The largest absolute Gasteiger partial charge is 0.449 e. The van der Waals surface area contributed by atoms with Gasteiger partial charge in [-0.25, -0.2) is 4.79 Å². The Kier molecular flexibility index (Phi) is 18.7. The lowest BCUT2D eigenvalue weighted by molar-refractivity contribution is -0.143. The number of nitrogens with one attached hydrogen (secondary N) is 4. The van der Waals surface area contributed by atoms with Crippen molar-refractivity contribution in [1.82, 2.24) is 26.2 Å². The van der Waals surface area contributed by atoms with Crippen molar-refractivity contribution >= 4 is 41.4 Å². The fraction of sp³-hybridized carbons (Fsp3) is 0.667. The van der Waals surface area contributed by atoms with Crippen molar-refractivity contribution in [2.45, 2.75) is 135 Å². The molecule has 2 unspecified atom stereocenters. The van der Waals surface area contributed by atoms with Gasteiger partial charge in [-0.3, -0.25) is 33.5 Å². The van der Waals surface area contributed by atoms with Crippen molar-refractivity contribution in [1.29, 1.82) is 0 Å². The van der Waals surface area contributed by atoms with E-state index in [2.05, 4.69) is 21.3 Å². The van der Waals surface area contributed by atoms with Crippen molar-refractivity contribution < 1.29 is 47.7 Å². The van der Waals surface area contributed by atoms with Crippen LogP contribution in [0.4, 0.5) is 9.50 Å². The zero-order valence-electron chi connectivity index (χ0n) is 33.0. The number of benzene rings is 1. The third-order valence-electron chi connectivity index (χ3n) is 9.36. The molecule has 1 saturated heterocycles. The first-order valence-electron chi connectivity index (χ1n) is 19.2. The number of likely N-dealkylation sites (tertiary alicyclic amines) is 1. The Balaban J connectivity index is 0.0000105. The third-order valence-corrected chi connectivity index (χ3v) is 9.36. The maximum absolute atomic E-state index is 14.4. The lowest BCUT2D eigenvalue weighted by Gasteiger charge is -2.34. The lowest BCUT2D eigenvalue weighted by Crippen LogP contribution is -2.58. The molecule has 1 saturated carbocycles. The summed E-state index contributed by atoms with van der Waals surface area (Å²) >= 11 is 0. The number of amides is 6. The fourth-order valence-electron chi connectivity index (χ4n) is 6.93. The molecule has 6 N–H and O–H groups in total. The van der Waals surface area contributed by atoms with E-state index in [1.54, 1.807) is 37.3 Å². The number of nitrogens with two attached hydrogens (primary N) is 1. The van der Waals surface area contributed by atoms with E-state index in [9.17, 15) is 33.6 Å². The normalized spacial score (nSPS) is 18.9. The number of carbonyl (C=O) groups is 7. The monoisotopic (exact) mass is 776 g/mol. The van der Waals surface area contributed by atoms with E-state index in [0.717, 1.165) is 32.1 Å². The van der Waals surface area contributed by atoms with E-state index >= 15 is 0 Å². The fourth-order valence-corrected chi connectivity index (χ4v) is 6.93. The number of Topliss-reactive ketones (excluding diaryl/α,β-unsaturated/α-hetero) is 1. The van der Waals surface area contributed by atoms with Crippen molar-refractivity contribution in [3.63, 3.8) is 0 Å². The number of carbonyl (C=O) groups excluding carboxylic acids is 7. The van der Waals surface area contributed by atoms with Gasteiger partial charge in [0.05, 0.1) is 43.4 Å². The number of ether oxygens (including phenoxy) is 2. The van der Waals surface area contributed by atoms with E-state index in [4.69, 9.17) is 15.2 Å². The summed E-state index contributed by atoms with van der Waals surface area (Å²) in [6.45, 7) is 10.9. The van der Waals surface area contributed by atoms with Gasteiger partial charge >= 0.3 is 6.09 Å². The van der Waals surface area contributed by atoms with E-state index in [0.29, 0.717) is 12.0 Å². The molecule has 1 aliphatic carbocycles. The van der Waals surface area contributed by atoms with Crippen LogP contribution in [0.15, 0.2) is 30.3 Å². The third kappa shape index (κ3) is 15.2. The average Bonchev–Trinajstić information content (AvgIpc) is 3.54. The molecular weight excluding hydrogens is 715 g/mol. The molecule has 55 heavy (non-hydrogen) atoms. The van der Waals surface area contributed by atoms with Crippen LogP contribution in [0.2, 0.25) is 0 Å². The van der Waals surface area contributed by atoms with Crippen LogP contribution in [-0.2, 0) is 38.2 Å². The Hall–Kier alpha value is -4.60. The second kappa shape index (κ2) is 22.1. The predicted octanol–water partition coefficient (Wildman–Crippen LogP) is 2.96. The number of hydrogen-bond acceptors (Lipinski definition) is 9. The quantitative estimate of drug-likeness (QED) is 0.138. The summed E-state index contributed by atoms with van der Waals surface area (Å²) in [5.41, 5.74) is 5.43. The number of primary amides is 1. The van der Waals surface area contributed by atoms with Gasteiger partial charge in [0.15, 0.2) is 0 Å². The summed E-state index contributed by atoms with van der Waals surface area (Å²) in [5.74, 6) is -4.45. The van der Waals surface area contributed by atoms with Crippen LogP contribution < -0.4 is 27.0 Å². The zero-order valence-corrected chi connectivity index (χ0v) is 33.0. The van der Waals surface area contributed by atoms with Gasteiger partial charge in [0, 0.05) is 13.0 Å². The molecule has 2 fully saturated rings. The molecule has 3 rings (SSSR count). The highest BCUT2D eigenvalue weighted by atomic mass is 19.0. The van der Waals surface area contributed by atoms with E-state index in [1.165, 1.54) is 4.90 Å². The van der Waals surface area contributed by atoms with Crippen molar-refractivity contribution in [2.24, 2.45) is 17.6 Å². The highest BCUT2D eigenvalue weighted by molar-refractivity contribution is 6.38. The number of rotatable bonds is 18. The Morgan fingerprint density at radius 2 is 1.60 bits per heavy atom. The summed E-state index contributed by atoms with van der Waals surface area (Å²) in [7, 11) is 0. The molecule has 2 aliphatic rings. The molecular formula is C39H61FN6O9. The van der Waals surface area contributed by atoms with Gasteiger partial charge in [-0.2, -0.15) is 0 Å². The van der Waals surface area contributed by atoms with Gasteiger partial charge in [0.1, 0.15) is 12.1 Å². The topological polar surface area (TPSA) is 215 Å². The minimum Gasteiger partial charge on any atom is -0.449 e. The van der Waals surface area contributed by atoms with E-state index in [-0.39, 0.29) is 49.0 Å². The Morgan fingerprint density at radius 1 is 0.945 bits per heavy atom. The number of ketones is 1. The van der Waals surface area contributed by atoms with Crippen molar-refractivity contribution in [2.75, 3.05) is 19.7 Å². The average molecular weight is 777 g/mol. The van der Waals surface area contributed by atoms with Crippen LogP contribution in [0.25, 0.3) is 0 Å². The standard InChI is InChI=1S/C39H60N6O9.FH/c1-7-14-28(34(48)36(50)41-21-32(47)42-29(20-31(40)46)25-15-10-8-11-16-25)43-35(49)30-19-27(54-39(4,5)6)22-45(30)37(51)33(26-17-12-9-13-18-26)44-38(52)53-23-24(2)3;/h8,10-11,15-16,24,26-30,33H,7,9,12-14,17-23H2,1-6H3,(H2,40,46)(H,41,50)(H,42,47)(H,43,49)(H,44,52);1H/t27-,28?,29?,30+,33+;/m1./s1. The van der Waals surface area contributed by atoms with Crippen LogP contribution in [-0.4, -0.2) is 95.8 Å². The van der Waals surface area contributed by atoms with Gasteiger partial charge in [0.25, 0.3) is 5.91 Å². The summed E-state index contributed by atoms with van der Waals surface area (Å²) in [5, 5.41) is 10.5. The van der Waals surface area contributed by atoms with E-state index in [1.807, 2.05) is 34.6 Å². The molecule has 5 atom stereocenters. The number of halogens is 1. The minimum atomic E-state index is -1.24. The molecule has 308 valence electrons. The predicted molar refractivity (Wildman–Crippen MR) is 203 cm³/mol. The van der Waals surface area contributed by atoms with E-state index < -0.39 is 83.8 Å².